The van der Waals surface area contributed by atoms with Crippen LogP contribution in [0.25, 0.3) is 0 Å². The minimum atomic E-state index is -3.70. The second-order valence-electron chi connectivity index (χ2n) is 7.57. The SMILES string of the molecule is COc1ccc(NC(=O)COc2ccc(S(=O)(=O)N3CCc4ccccc43)cc2C)cc1Cl. The zero-order valence-corrected chi connectivity index (χ0v) is 19.7. The molecule has 1 aliphatic rings. The number of nitrogens with one attached hydrogen (secondary N) is 1. The number of methoxy groups -OCH3 is 1. The number of rotatable bonds is 7. The van der Waals surface area contributed by atoms with Crippen LogP contribution in [0.4, 0.5) is 11.4 Å². The first kappa shape index (κ1) is 22.9. The van der Waals surface area contributed by atoms with E-state index in [-0.39, 0.29) is 17.4 Å². The lowest BCUT2D eigenvalue weighted by molar-refractivity contribution is -0.118. The first-order chi connectivity index (χ1) is 15.8. The molecule has 9 heteroatoms. The number of amides is 1. The Labute approximate surface area is 197 Å². The van der Waals surface area contributed by atoms with E-state index in [0.717, 1.165) is 5.56 Å². The average molecular weight is 487 g/mol. The summed E-state index contributed by atoms with van der Waals surface area (Å²) in [5, 5.41) is 3.08. The summed E-state index contributed by atoms with van der Waals surface area (Å²) in [7, 11) is -2.19. The number of fused-ring (bicyclic) bond motifs is 1. The predicted molar refractivity (Wildman–Crippen MR) is 128 cm³/mol. The molecule has 33 heavy (non-hydrogen) atoms. The Morgan fingerprint density at radius 1 is 1.09 bits per heavy atom. The van der Waals surface area contributed by atoms with Gasteiger partial charge in [0.25, 0.3) is 15.9 Å². The summed E-state index contributed by atoms with van der Waals surface area (Å²) < 4.78 is 38.6. The van der Waals surface area contributed by atoms with Gasteiger partial charge in [-0.15, -0.1) is 0 Å². The maximum atomic E-state index is 13.2. The molecular formula is C24H23ClN2O5S. The Bertz CT molecular complexity index is 1310. The van der Waals surface area contributed by atoms with E-state index in [1.165, 1.54) is 17.5 Å². The lowest BCUT2D eigenvalue weighted by Crippen LogP contribution is -2.29. The third-order valence-corrected chi connectivity index (χ3v) is 7.48. The summed E-state index contributed by atoms with van der Waals surface area (Å²) in [5.41, 5.74) is 2.86. The van der Waals surface area contributed by atoms with Gasteiger partial charge in [0, 0.05) is 12.2 Å². The molecule has 0 spiro atoms. The van der Waals surface area contributed by atoms with Gasteiger partial charge in [0.05, 0.1) is 22.7 Å². The van der Waals surface area contributed by atoms with Crippen molar-refractivity contribution < 1.29 is 22.7 Å². The van der Waals surface area contributed by atoms with Crippen LogP contribution in [-0.2, 0) is 21.2 Å². The number of para-hydroxylation sites is 1. The third-order valence-electron chi connectivity index (χ3n) is 5.37. The average Bonchev–Trinajstić information content (AvgIpc) is 3.23. The fraction of sp³-hybridized carbons (Fsp3) is 0.208. The van der Waals surface area contributed by atoms with Gasteiger partial charge >= 0.3 is 0 Å². The van der Waals surface area contributed by atoms with E-state index >= 15 is 0 Å². The lowest BCUT2D eigenvalue weighted by Gasteiger charge is -2.20. The maximum Gasteiger partial charge on any atom is 0.264 e. The molecule has 4 rings (SSSR count). The Morgan fingerprint density at radius 3 is 2.58 bits per heavy atom. The van der Waals surface area contributed by atoms with Crippen molar-refractivity contribution in [1.29, 1.82) is 0 Å². The van der Waals surface area contributed by atoms with Crippen molar-refractivity contribution in [3.8, 4) is 11.5 Å². The number of sulfonamides is 1. The van der Waals surface area contributed by atoms with Crippen molar-refractivity contribution in [1.82, 2.24) is 0 Å². The quantitative estimate of drug-likeness (QED) is 0.534. The van der Waals surface area contributed by atoms with Crippen molar-refractivity contribution in [2.45, 2.75) is 18.2 Å². The zero-order chi connectivity index (χ0) is 23.6. The van der Waals surface area contributed by atoms with Gasteiger partial charge in [-0.2, -0.15) is 0 Å². The van der Waals surface area contributed by atoms with E-state index in [4.69, 9.17) is 21.1 Å². The molecular weight excluding hydrogens is 464 g/mol. The number of carbonyl (C=O) groups is 1. The number of aryl methyl sites for hydroxylation is 1. The van der Waals surface area contributed by atoms with Crippen molar-refractivity contribution >= 4 is 38.9 Å². The Hall–Kier alpha value is -3.23. The molecule has 0 aliphatic carbocycles. The van der Waals surface area contributed by atoms with Gasteiger partial charge in [-0.3, -0.25) is 9.10 Å². The molecule has 0 unspecified atom stereocenters. The van der Waals surface area contributed by atoms with Crippen LogP contribution in [0, 0.1) is 6.92 Å². The molecule has 1 heterocycles. The summed E-state index contributed by atoms with van der Waals surface area (Å²) in [4.78, 5) is 12.4. The predicted octanol–water partition coefficient (Wildman–Crippen LogP) is 4.43. The van der Waals surface area contributed by atoms with Gasteiger partial charge in [-0.05, 0) is 66.9 Å². The fourth-order valence-corrected chi connectivity index (χ4v) is 5.56. The van der Waals surface area contributed by atoms with Gasteiger partial charge < -0.3 is 14.8 Å². The van der Waals surface area contributed by atoms with Crippen molar-refractivity contribution in [3.63, 3.8) is 0 Å². The zero-order valence-electron chi connectivity index (χ0n) is 18.2. The van der Waals surface area contributed by atoms with Crippen LogP contribution < -0.4 is 19.1 Å². The summed E-state index contributed by atoms with van der Waals surface area (Å²) >= 11 is 6.07. The van der Waals surface area contributed by atoms with Crippen molar-refractivity contribution in [3.05, 3.63) is 76.8 Å². The topological polar surface area (TPSA) is 84.9 Å². The van der Waals surface area contributed by atoms with E-state index < -0.39 is 10.0 Å². The number of nitrogens with zero attached hydrogens (tertiary/aromatic N) is 1. The molecule has 172 valence electrons. The van der Waals surface area contributed by atoms with E-state index in [1.54, 1.807) is 37.3 Å². The minimum absolute atomic E-state index is 0.182. The standard InChI is InChI=1S/C24H23ClN2O5S/c1-16-13-19(33(29,30)27-12-11-17-5-3-4-6-21(17)27)8-10-22(16)32-15-24(28)26-18-7-9-23(31-2)20(25)14-18/h3-10,13-14H,11-12,15H2,1-2H3,(H,26,28). The fourth-order valence-electron chi connectivity index (χ4n) is 3.71. The number of benzene rings is 3. The van der Waals surface area contributed by atoms with Crippen molar-refractivity contribution in [2.75, 3.05) is 29.9 Å². The largest absolute Gasteiger partial charge is 0.495 e. The van der Waals surface area contributed by atoms with Crippen LogP contribution in [0.5, 0.6) is 11.5 Å². The second-order valence-corrected chi connectivity index (χ2v) is 9.84. The molecule has 0 atom stereocenters. The molecule has 0 bridgehead atoms. The molecule has 0 fully saturated rings. The summed E-state index contributed by atoms with van der Waals surface area (Å²) in [5.74, 6) is 0.564. The molecule has 1 amide bonds. The highest BCUT2D eigenvalue weighted by Gasteiger charge is 2.30. The van der Waals surface area contributed by atoms with Crippen molar-refractivity contribution in [2.24, 2.45) is 0 Å². The van der Waals surface area contributed by atoms with Crippen LogP contribution in [-0.4, -0.2) is 34.6 Å². The highest BCUT2D eigenvalue weighted by atomic mass is 35.5. The molecule has 1 aliphatic heterocycles. The summed E-state index contributed by atoms with van der Waals surface area (Å²) in [6.07, 6.45) is 0.685. The molecule has 0 radical (unpaired) electrons. The van der Waals surface area contributed by atoms with E-state index in [1.807, 2.05) is 24.3 Å². The van der Waals surface area contributed by atoms with Gasteiger partial charge in [-0.1, -0.05) is 29.8 Å². The van der Waals surface area contributed by atoms with Crippen LogP contribution in [0.3, 0.4) is 0 Å². The summed E-state index contributed by atoms with van der Waals surface area (Å²) in [6, 6.07) is 17.0. The number of ether oxygens (including phenoxy) is 2. The summed E-state index contributed by atoms with van der Waals surface area (Å²) in [6.45, 7) is 1.91. The number of hydrogen-bond donors (Lipinski definition) is 1. The molecule has 3 aromatic carbocycles. The number of carbonyl (C=O) groups excluding carboxylic acids is 1. The molecule has 3 aromatic rings. The van der Waals surface area contributed by atoms with E-state index in [9.17, 15) is 13.2 Å². The highest BCUT2D eigenvalue weighted by molar-refractivity contribution is 7.92. The van der Waals surface area contributed by atoms with Crippen LogP contribution >= 0.6 is 11.6 Å². The molecule has 7 nitrogen and oxygen atoms in total. The molecule has 0 saturated heterocycles. The monoisotopic (exact) mass is 486 g/mol. The van der Waals surface area contributed by atoms with Crippen LogP contribution in [0.1, 0.15) is 11.1 Å². The Balaban J connectivity index is 1.43. The molecule has 1 N–H and O–H groups in total. The lowest BCUT2D eigenvalue weighted by atomic mass is 10.2. The molecule has 0 saturated carbocycles. The maximum absolute atomic E-state index is 13.2. The third kappa shape index (κ3) is 4.77. The molecule has 0 aromatic heterocycles. The number of anilines is 2. The minimum Gasteiger partial charge on any atom is -0.495 e. The van der Waals surface area contributed by atoms with E-state index in [0.29, 0.717) is 46.4 Å². The number of hydrogen-bond acceptors (Lipinski definition) is 5. The van der Waals surface area contributed by atoms with Gasteiger partial charge in [0.1, 0.15) is 11.5 Å². The van der Waals surface area contributed by atoms with Crippen LogP contribution in [0.2, 0.25) is 5.02 Å². The first-order valence-corrected chi connectivity index (χ1v) is 12.1. The normalized spacial score (nSPS) is 12.9. The van der Waals surface area contributed by atoms with Gasteiger partial charge in [-0.25, -0.2) is 8.42 Å². The van der Waals surface area contributed by atoms with Gasteiger partial charge in [0.15, 0.2) is 6.61 Å². The second kappa shape index (κ2) is 9.33. The number of halogens is 1. The Morgan fingerprint density at radius 2 is 1.85 bits per heavy atom. The van der Waals surface area contributed by atoms with E-state index in [2.05, 4.69) is 5.32 Å². The first-order valence-electron chi connectivity index (χ1n) is 10.3. The Kier molecular flexibility index (Phi) is 6.49. The van der Waals surface area contributed by atoms with Gasteiger partial charge in [0.2, 0.25) is 0 Å². The van der Waals surface area contributed by atoms with Crippen LogP contribution in [0.15, 0.2) is 65.6 Å². The smallest absolute Gasteiger partial charge is 0.264 e. The highest BCUT2D eigenvalue weighted by Crippen LogP contribution is 2.34.